The second-order valence-corrected chi connectivity index (χ2v) is 3.58. The Bertz CT molecular complexity index is 358. The number of rotatable bonds is 3. The molecular formula is C11H14N2O3. The van der Waals surface area contributed by atoms with Gasteiger partial charge >= 0.3 is 0 Å². The molecule has 0 radical (unpaired) electrons. The third kappa shape index (κ3) is 2.49. The van der Waals surface area contributed by atoms with Crippen LogP contribution in [0.5, 0.6) is 5.88 Å². The van der Waals surface area contributed by atoms with E-state index in [1.54, 1.807) is 25.4 Å². The number of methoxy groups -OCH3 is 1. The highest BCUT2D eigenvalue weighted by molar-refractivity contribution is 5.94. The minimum Gasteiger partial charge on any atom is -0.481 e. The molecule has 0 bridgehead atoms. The highest BCUT2D eigenvalue weighted by atomic mass is 16.5. The molecule has 1 N–H and O–H groups in total. The molecule has 5 heteroatoms. The van der Waals surface area contributed by atoms with E-state index < -0.39 is 0 Å². The lowest BCUT2D eigenvalue weighted by molar-refractivity contribution is -0.124. The van der Waals surface area contributed by atoms with E-state index in [9.17, 15) is 4.79 Å². The molecule has 2 heterocycles. The minimum absolute atomic E-state index is 0.107. The average molecular weight is 222 g/mol. The molecule has 0 unspecified atom stereocenters. The van der Waals surface area contributed by atoms with E-state index in [2.05, 4.69) is 10.3 Å². The van der Waals surface area contributed by atoms with Crippen molar-refractivity contribution in [1.82, 2.24) is 4.98 Å². The largest absolute Gasteiger partial charge is 0.481 e. The molecular weight excluding hydrogens is 208 g/mol. The number of hydrogen-bond donors (Lipinski definition) is 1. The van der Waals surface area contributed by atoms with Crippen molar-refractivity contribution in [3.8, 4) is 5.88 Å². The Morgan fingerprint density at radius 2 is 2.50 bits per heavy atom. The topological polar surface area (TPSA) is 60.5 Å². The Labute approximate surface area is 93.8 Å². The maximum atomic E-state index is 11.7. The number of pyridine rings is 1. The van der Waals surface area contributed by atoms with Crippen molar-refractivity contribution >= 4 is 11.6 Å². The zero-order chi connectivity index (χ0) is 11.4. The fourth-order valence-corrected chi connectivity index (χ4v) is 1.58. The van der Waals surface area contributed by atoms with Gasteiger partial charge in [-0.25, -0.2) is 4.98 Å². The molecule has 1 saturated heterocycles. The van der Waals surface area contributed by atoms with Crippen LogP contribution in [0.2, 0.25) is 0 Å². The Morgan fingerprint density at radius 3 is 3.06 bits per heavy atom. The summed E-state index contributed by atoms with van der Waals surface area (Å²) >= 11 is 0. The second kappa shape index (κ2) is 4.94. The number of amides is 1. The summed E-state index contributed by atoms with van der Waals surface area (Å²) in [6.07, 6.45) is 2.97. The molecule has 1 fully saturated rings. The summed E-state index contributed by atoms with van der Waals surface area (Å²) in [4.78, 5) is 15.7. The fraction of sp³-hybridized carbons (Fsp3) is 0.455. The Morgan fingerprint density at radius 1 is 1.62 bits per heavy atom. The zero-order valence-electron chi connectivity index (χ0n) is 9.10. The summed E-state index contributed by atoms with van der Waals surface area (Å²) < 4.78 is 10.2. The van der Waals surface area contributed by atoms with Crippen LogP contribution in [0, 0.1) is 0 Å². The lowest BCUT2D eigenvalue weighted by Gasteiger charge is -2.10. The van der Waals surface area contributed by atoms with Crippen molar-refractivity contribution in [3.05, 3.63) is 18.3 Å². The number of nitrogens with one attached hydrogen (secondary N) is 1. The molecule has 1 amide bonds. The maximum absolute atomic E-state index is 11.7. The van der Waals surface area contributed by atoms with Crippen LogP contribution in [0.25, 0.3) is 0 Å². The van der Waals surface area contributed by atoms with Crippen molar-refractivity contribution in [2.45, 2.75) is 18.9 Å². The van der Waals surface area contributed by atoms with Crippen LogP contribution < -0.4 is 10.1 Å². The van der Waals surface area contributed by atoms with Crippen molar-refractivity contribution in [3.63, 3.8) is 0 Å². The second-order valence-electron chi connectivity index (χ2n) is 3.58. The molecule has 16 heavy (non-hydrogen) atoms. The normalized spacial score (nSPS) is 19.4. The van der Waals surface area contributed by atoms with Gasteiger partial charge in [0.15, 0.2) is 0 Å². The summed E-state index contributed by atoms with van der Waals surface area (Å²) in [6.45, 7) is 0.666. The Hall–Kier alpha value is -1.62. The lowest BCUT2D eigenvalue weighted by Crippen LogP contribution is -2.26. The summed E-state index contributed by atoms with van der Waals surface area (Å²) in [5, 5.41) is 2.75. The van der Waals surface area contributed by atoms with Gasteiger partial charge in [0.1, 0.15) is 6.10 Å². The number of carbonyl (C=O) groups is 1. The third-order valence-corrected chi connectivity index (χ3v) is 2.44. The number of anilines is 1. The molecule has 1 atom stereocenters. The molecule has 0 saturated carbocycles. The van der Waals surface area contributed by atoms with Crippen LogP contribution in [0.4, 0.5) is 5.69 Å². The van der Waals surface area contributed by atoms with E-state index in [0.29, 0.717) is 18.2 Å². The van der Waals surface area contributed by atoms with E-state index in [1.165, 1.54) is 0 Å². The molecule has 0 aliphatic carbocycles. The monoisotopic (exact) mass is 222 g/mol. The minimum atomic E-state index is -0.317. The summed E-state index contributed by atoms with van der Waals surface area (Å²) in [7, 11) is 1.55. The molecule has 1 aromatic heterocycles. The van der Waals surface area contributed by atoms with Gasteiger partial charge in [-0.3, -0.25) is 4.79 Å². The smallest absolute Gasteiger partial charge is 0.253 e. The molecule has 1 aromatic rings. The van der Waals surface area contributed by atoms with Crippen LogP contribution in [0.1, 0.15) is 12.8 Å². The van der Waals surface area contributed by atoms with Gasteiger partial charge in [0, 0.05) is 12.7 Å². The number of aromatic nitrogens is 1. The highest BCUT2D eigenvalue weighted by Gasteiger charge is 2.23. The van der Waals surface area contributed by atoms with Crippen LogP contribution in [0.15, 0.2) is 18.3 Å². The first kappa shape index (κ1) is 10.9. The van der Waals surface area contributed by atoms with Crippen LogP contribution in [0.3, 0.4) is 0 Å². The zero-order valence-corrected chi connectivity index (χ0v) is 9.10. The Kier molecular flexibility index (Phi) is 3.36. The van der Waals surface area contributed by atoms with E-state index in [4.69, 9.17) is 9.47 Å². The lowest BCUT2D eigenvalue weighted by atomic mass is 10.2. The quantitative estimate of drug-likeness (QED) is 0.835. The van der Waals surface area contributed by atoms with Crippen molar-refractivity contribution in [2.75, 3.05) is 19.0 Å². The first-order valence-electron chi connectivity index (χ1n) is 5.22. The average Bonchev–Trinajstić information content (AvgIpc) is 2.83. The van der Waals surface area contributed by atoms with Gasteiger partial charge in [-0.15, -0.1) is 0 Å². The van der Waals surface area contributed by atoms with Crippen LogP contribution >= 0.6 is 0 Å². The molecule has 0 spiro atoms. The number of nitrogens with zero attached hydrogens (tertiary/aromatic N) is 1. The van der Waals surface area contributed by atoms with Crippen molar-refractivity contribution < 1.29 is 14.3 Å². The number of hydrogen-bond acceptors (Lipinski definition) is 4. The molecule has 1 aliphatic heterocycles. The Balaban J connectivity index is 1.94. The van der Waals surface area contributed by atoms with Crippen molar-refractivity contribution in [2.24, 2.45) is 0 Å². The van der Waals surface area contributed by atoms with Gasteiger partial charge in [0.05, 0.1) is 19.0 Å². The van der Waals surface area contributed by atoms with Gasteiger partial charge in [-0.2, -0.15) is 0 Å². The van der Waals surface area contributed by atoms with Gasteiger partial charge < -0.3 is 14.8 Å². The highest BCUT2D eigenvalue weighted by Crippen LogP contribution is 2.16. The van der Waals surface area contributed by atoms with E-state index >= 15 is 0 Å². The van der Waals surface area contributed by atoms with Gasteiger partial charge in [0.25, 0.3) is 5.91 Å². The molecule has 2 rings (SSSR count). The van der Waals surface area contributed by atoms with Crippen molar-refractivity contribution in [1.29, 1.82) is 0 Å². The van der Waals surface area contributed by atoms with Gasteiger partial charge in [-0.1, -0.05) is 0 Å². The summed E-state index contributed by atoms with van der Waals surface area (Å²) in [6, 6.07) is 3.45. The van der Waals surface area contributed by atoms with Gasteiger partial charge in [0.2, 0.25) is 5.88 Å². The van der Waals surface area contributed by atoms with Gasteiger partial charge in [-0.05, 0) is 18.9 Å². The van der Waals surface area contributed by atoms with E-state index in [0.717, 1.165) is 12.8 Å². The van der Waals surface area contributed by atoms with E-state index in [1.807, 2.05) is 0 Å². The molecule has 1 aliphatic rings. The summed E-state index contributed by atoms with van der Waals surface area (Å²) in [5.41, 5.74) is 0.654. The standard InChI is InChI=1S/C11H14N2O3/c1-15-10-5-4-8(7-12-10)13-11(14)9-3-2-6-16-9/h4-5,7,9H,2-3,6H2,1H3,(H,13,14)/t9-/m1/s1. The molecule has 0 aromatic carbocycles. The molecule has 86 valence electrons. The third-order valence-electron chi connectivity index (χ3n) is 2.44. The predicted octanol–water partition coefficient (Wildman–Crippen LogP) is 1.21. The van der Waals surface area contributed by atoms with E-state index in [-0.39, 0.29) is 12.0 Å². The first-order chi connectivity index (χ1) is 7.79. The van der Waals surface area contributed by atoms with Crippen LogP contribution in [-0.4, -0.2) is 30.7 Å². The maximum Gasteiger partial charge on any atom is 0.253 e. The SMILES string of the molecule is COc1ccc(NC(=O)[C@H]2CCCO2)cn1. The predicted molar refractivity (Wildman–Crippen MR) is 58.4 cm³/mol. The molecule has 5 nitrogen and oxygen atoms in total. The number of carbonyl (C=O) groups excluding carboxylic acids is 1. The first-order valence-corrected chi connectivity index (χ1v) is 5.22. The van der Waals surface area contributed by atoms with Crippen LogP contribution in [-0.2, 0) is 9.53 Å². The summed E-state index contributed by atoms with van der Waals surface area (Å²) in [5.74, 6) is 0.416. The number of ether oxygens (including phenoxy) is 2. The fourth-order valence-electron chi connectivity index (χ4n) is 1.58.